The lowest BCUT2D eigenvalue weighted by atomic mass is 10.1. The topological polar surface area (TPSA) is 61.2 Å². The van der Waals surface area contributed by atoms with Gasteiger partial charge in [0.05, 0.1) is 52.4 Å². The number of nitrogens with one attached hydrogen (secondary N) is 2. The molecule has 0 bridgehead atoms. The average molecular weight is 365 g/mol. The molecule has 1 atom stereocenters. The van der Waals surface area contributed by atoms with Gasteiger partial charge in [-0.3, -0.25) is 4.79 Å². The normalized spacial score (nSPS) is 11.9. The van der Waals surface area contributed by atoms with Crippen molar-refractivity contribution >= 4 is 17.2 Å². The summed E-state index contributed by atoms with van der Waals surface area (Å²) in [7, 11) is 8.76. The minimum Gasteiger partial charge on any atom is -0.496 e. The molecule has 0 unspecified atom stereocenters. The second-order valence-electron chi connectivity index (χ2n) is 5.76. The second kappa shape index (κ2) is 8.73. The molecule has 0 aliphatic carbocycles. The first-order chi connectivity index (χ1) is 12.0. The summed E-state index contributed by atoms with van der Waals surface area (Å²) in [6.07, 6.45) is 0. The van der Waals surface area contributed by atoms with Gasteiger partial charge in [-0.15, -0.1) is 11.3 Å². The summed E-state index contributed by atoms with van der Waals surface area (Å²) in [6.45, 7) is 0.527. The Morgan fingerprint density at radius 2 is 1.76 bits per heavy atom. The van der Waals surface area contributed by atoms with Gasteiger partial charge in [0.25, 0.3) is 5.91 Å². The van der Waals surface area contributed by atoms with E-state index in [0.29, 0.717) is 29.4 Å². The third-order valence-electron chi connectivity index (χ3n) is 4.00. The van der Waals surface area contributed by atoms with Gasteiger partial charge in [0.15, 0.2) is 11.5 Å². The van der Waals surface area contributed by atoms with Crippen LogP contribution >= 0.6 is 11.3 Å². The number of benzene rings is 1. The predicted octanol–water partition coefficient (Wildman–Crippen LogP) is 1.39. The number of thiophene rings is 1. The fourth-order valence-electron chi connectivity index (χ4n) is 2.58. The maximum Gasteiger partial charge on any atom is 0.255 e. The Morgan fingerprint density at radius 3 is 2.28 bits per heavy atom. The van der Waals surface area contributed by atoms with Crippen molar-refractivity contribution in [3.8, 4) is 17.2 Å². The minimum absolute atomic E-state index is 0.190. The number of likely N-dealkylation sites (N-methyl/N-ethyl adjacent to an activating group) is 1. The van der Waals surface area contributed by atoms with Crippen LogP contribution in [0.25, 0.3) is 0 Å². The second-order valence-corrected chi connectivity index (χ2v) is 6.74. The lowest BCUT2D eigenvalue weighted by molar-refractivity contribution is -0.890. The number of amides is 1. The van der Waals surface area contributed by atoms with Crippen LogP contribution in [0.1, 0.15) is 21.3 Å². The van der Waals surface area contributed by atoms with Crippen LogP contribution < -0.4 is 24.4 Å². The van der Waals surface area contributed by atoms with E-state index in [2.05, 4.69) is 25.5 Å². The standard InChI is InChI=1S/C18H24N2O4S/c1-20(2)13(17-7-6-8-25-17)11-19-18(21)12-9-15(23-4)16(24-5)10-14(12)22-3/h6-10,13H,11H2,1-5H3,(H,19,21)/p+1/t13-/m1/s1. The van der Waals surface area contributed by atoms with E-state index in [-0.39, 0.29) is 11.9 Å². The van der Waals surface area contributed by atoms with E-state index in [9.17, 15) is 4.79 Å². The maximum absolute atomic E-state index is 12.7. The summed E-state index contributed by atoms with van der Waals surface area (Å²) in [6, 6.07) is 7.59. The molecule has 0 saturated heterocycles. The lowest BCUT2D eigenvalue weighted by Gasteiger charge is -2.21. The van der Waals surface area contributed by atoms with Crippen molar-refractivity contribution in [2.24, 2.45) is 0 Å². The summed E-state index contributed by atoms with van der Waals surface area (Å²) in [5.74, 6) is 1.24. The van der Waals surface area contributed by atoms with Gasteiger partial charge in [0, 0.05) is 12.1 Å². The number of quaternary nitrogens is 1. The molecule has 0 saturated carbocycles. The van der Waals surface area contributed by atoms with Gasteiger partial charge in [-0.1, -0.05) is 6.07 Å². The molecule has 0 radical (unpaired) electrons. The Morgan fingerprint density at radius 1 is 1.12 bits per heavy atom. The van der Waals surface area contributed by atoms with Crippen molar-refractivity contribution in [2.45, 2.75) is 6.04 Å². The highest BCUT2D eigenvalue weighted by molar-refractivity contribution is 7.10. The smallest absolute Gasteiger partial charge is 0.255 e. The van der Waals surface area contributed by atoms with Crippen LogP contribution in [0.5, 0.6) is 17.2 Å². The molecule has 0 aliphatic rings. The van der Waals surface area contributed by atoms with E-state index in [0.717, 1.165) is 0 Å². The highest BCUT2D eigenvalue weighted by Crippen LogP contribution is 2.34. The van der Waals surface area contributed by atoms with E-state index >= 15 is 0 Å². The van der Waals surface area contributed by atoms with Crippen LogP contribution in [0.4, 0.5) is 0 Å². The first-order valence-electron chi connectivity index (χ1n) is 7.93. The van der Waals surface area contributed by atoms with E-state index in [1.165, 1.54) is 24.0 Å². The monoisotopic (exact) mass is 365 g/mol. The zero-order valence-electron chi connectivity index (χ0n) is 15.2. The van der Waals surface area contributed by atoms with Crippen LogP contribution in [0.3, 0.4) is 0 Å². The van der Waals surface area contributed by atoms with Crippen LogP contribution in [0, 0.1) is 0 Å². The third kappa shape index (κ3) is 4.43. The van der Waals surface area contributed by atoms with Gasteiger partial charge in [0.1, 0.15) is 11.8 Å². The molecule has 0 fully saturated rings. The Labute approximate surface area is 152 Å². The highest BCUT2D eigenvalue weighted by atomic mass is 32.1. The Kier molecular flexibility index (Phi) is 6.66. The van der Waals surface area contributed by atoms with E-state index in [4.69, 9.17) is 14.2 Å². The van der Waals surface area contributed by atoms with Crippen molar-refractivity contribution in [1.82, 2.24) is 5.32 Å². The summed E-state index contributed by atoms with van der Waals surface area (Å²) < 4.78 is 15.9. The molecule has 1 aromatic carbocycles. The molecule has 2 N–H and O–H groups in total. The fourth-order valence-corrected chi connectivity index (χ4v) is 3.53. The maximum atomic E-state index is 12.7. The molecule has 7 heteroatoms. The molecule has 1 amide bonds. The first-order valence-corrected chi connectivity index (χ1v) is 8.81. The predicted molar refractivity (Wildman–Crippen MR) is 98.3 cm³/mol. The Bertz CT molecular complexity index is 701. The zero-order valence-corrected chi connectivity index (χ0v) is 16.0. The van der Waals surface area contributed by atoms with Gasteiger partial charge < -0.3 is 24.4 Å². The van der Waals surface area contributed by atoms with E-state index < -0.39 is 0 Å². The van der Waals surface area contributed by atoms with Crippen LogP contribution in [0.15, 0.2) is 29.6 Å². The fraction of sp³-hybridized carbons (Fsp3) is 0.389. The van der Waals surface area contributed by atoms with Crippen LogP contribution in [-0.2, 0) is 0 Å². The summed E-state index contributed by atoms with van der Waals surface area (Å²) in [5.41, 5.74) is 0.416. The molecular weight excluding hydrogens is 340 g/mol. The molecule has 0 aliphatic heterocycles. The quantitative estimate of drug-likeness (QED) is 0.742. The van der Waals surface area contributed by atoms with Crippen molar-refractivity contribution < 1.29 is 23.9 Å². The van der Waals surface area contributed by atoms with Crippen LogP contribution in [-0.4, -0.2) is 47.9 Å². The number of ether oxygens (including phenoxy) is 3. The minimum atomic E-state index is -0.208. The molecule has 1 heterocycles. The van der Waals surface area contributed by atoms with Gasteiger partial charge in [-0.2, -0.15) is 0 Å². The van der Waals surface area contributed by atoms with Crippen molar-refractivity contribution in [2.75, 3.05) is 42.0 Å². The molecular formula is C18H25N2O4S+. The molecule has 0 spiro atoms. The first kappa shape index (κ1) is 19.1. The number of rotatable bonds is 8. The van der Waals surface area contributed by atoms with Gasteiger partial charge in [0.2, 0.25) is 0 Å². The van der Waals surface area contributed by atoms with Crippen molar-refractivity contribution in [1.29, 1.82) is 0 Å². The summed E-state index contributed by atoms with van der Waals surface area (Å²) in [5, 5.41) is 5.05. The lowest BCUT2D eigenvalue weighted by Crippen LogP contribution is -3.06. The van der Waals surface area contributed by atoms with Gasteiger partial charge in [-0.25, -0.2) is 0 Å². The Hall–Kier alpha value is -2.25. The number of hydrogen-bond donors (Lipinski definition) is 2. The largest absolute Gasteiger partial charge is 0.496 e. The third-order valence-corrected chi connectivity index (χ3v) is 4.99. The zero-order chi connectivity index (χ0) is 18.4. The summed E-state index contributed by atoms with van der Waals surface area (Å²) >= 11 is 1.69. The number of carbonyl (C=O) groups is 1. The highest BCUT2D eigenvalue weighted by Gasteiger charge is 2.22. The van der Waals surface area contributed by atoms with E-state index in [1.807, 2.05) is 11.4 Å². The molecule has 2 aromatic rings. The number of hydrogen-bond acceptors (Lipinski definition) is 5. The molecule has 136 valence electrons. The van der Waals surface area contributed by atoms with Crippen LogP contribution in [0.2, 0.25) is 0 Å². The SMILES string of the molecule is COc1cc(OC)c(C(=O)NC[C@H](c2cccs2)[NH+](C)C)cc1OC. The average Bonchev–Trinajstić information content (AvgIpc) is 3.14. The molecule has 2 rings (SSSR count). The number of methoxy groups -OCH3 is 3. The molecule has 6 nitrogen and oxygen atoms in total. The molecule has 1 aromatic heterocycles. The number of carbonyl (C=O) groups excluding carboxylic acids is 1. The summed E-state index contributed by atoms with van der Waals surface area (Å²) in [4.78, 5) is 15.2. The van der Waals surface area contributed by atoms with Crippen molar-refractivity contribution in [3.05, 3.63) is 40.1 Å². The Balaban J connectivity index is 2.19. The van der Waals surface area contributed by atoms with Crippen molar-refractivity contribution in [3.63, 3.8) is 0 Å². The van der Waals surface area contributed by atoms with E-state index in [1.54, 1.807) is 30.6 Å². The van der Waals surface area contributed by atoms with Gasteiger partial charge >= 0.3 is 0 Å². The van der Waals surface area contributed by atoms with Gasteiger partial charge in [-0.05, 0) is 11.4 Å². The molecule has 25 heavy (non-hydrogen) atoms.